The Morgan fingerprint density at radius 2 is 1.90 bits per heavy atom. The average molecular weight is 432 g/mol. The lowest BCUT2D eigenvalue weighted by Gasteiger charge is -2.13. The minimum absolute atomic E-state index is 0.0415. The van der Waals surface area contributed by atoms with Crippen molar-refractivity contribution >= 4 is 40.7 Å². The number of hydrogen-bond donors (Lipinski definition) is 4. The summed E-state index contributed by atoms with van der Waals surface area (Å²) in [4.78, 5) is 42.4. The minimum Gasteiger partial charge on any atom is -0.494 e. The molecule has 0 spiro atoms. The maximum absolute atomic E-state index is 13.2. The van der Waals surface area contributed by atoms with Crippen molar-refractivity contribution in [3.63, 3.8) is 0 Å². The molecule has 0 bridgehead atoms. The maximum atomic E-state index is 13.2. The Morgan fingerprint density at radius 1 is 1.13 bits per heavy atom. The van der Waals surface area contributed by atoms with Crippen molar-refractivity contribution in [3.05, 3.63) is 70.5 Å². The van der Waals surface area contributed by atoms with Gasteiger partial charge in [-0.2, -0.15) is 0 Å². The summed E-state index contributed by atoms with van der Waals surface area (Å²) in [6, 6.07) is 7.86. The van der Waals surface area contributed by atoms with E-state index in [-0.39, 0.29) is 27.7 Å². The van der Waals surface area contributed by atoms with Crippen molar-refractivity contribution in [2.75, 3.05) is 17.7 Å². The summed E-state index contributed by atoms with van der Waals surface area (Å²) in [6.45, 7) is 0. The van der Waals surface area contributed by atoms with Gasteiger partial charge in [0.2, 0.25) is 0 Å². The molecule has 0 fully saturated rings. The maximum Gasteiger partial charge on any atom is 0.274 e. The van der Waals surface area contributed by atoms with Gasteiger partial charge in [0.05, 0.1) is 29.7 Å². The number of carbonyl (C=O) groups excluding carboxylic acids is 3. The summed E-state index contributed by atoms with van der Waals surface area (Å²) in [7, 11) is 1.38. The predicted octanol–water partition coefficient (Wildman–Crippen LogP) is 2.81. The van der Waals surface area contributed by atoms with Crippen LogP contribution in [0.1, 0.15) is 31.3 Å². The van der Waals surface area contributed by atoms with Gasteiger partial charge in [0.25, 0.3) is 17.7 Å². The van der Waals surface area contributed by atoms with E-state index in [1.165, 1.54) is 37.7 Å². The third-order valence-corrected chi connectivity index (χ3v) is 4.30. The molecule has 0 aliphatic rings. The van der Waals surface area contributed by atoms with Gasteiger partial charge < -0.3 is 26.1 Å². The van der Waals surface area contributed by atoms with E-state index in [4.69, 9.17) is 22.1 Å². The number of halogens is 2. The van der Waals surface area contributed by atoms with Crippen molar-refractivity contribution in [1.82, 2.24) is 9.97 Å². The van der Waals surface area contributed by atoms with E-state index in [1.54, 1.807) is 0 Å². The smallest absolute Gasteiger partial charge is 0.274 e. The lowest BCUT2D eigenvalue weighted by atomic mass is 10.2. The number of methoxy groups -OCH3 is 1. The molecule has 0 aliphatic heterocycles. The first kappa shape index (κ1) is 20.8. The zero-order valence-corrected chi connectivity index (χ0v) is 16.2. The highest BCUT2D eigenvalue weighted by atomic mass is 35.5. The number of aromatic nitrogens is 2. The standard InChI is InChI=1S/C19H15ClFN5O4/c1-30-14-7-10(25-19(29)16-15(17(22)27)23-8-24-16)3-5-13(14)26-18(28)11-4-2-9(21)6-12(11)20/h2-8H,1H3,(H2,22,27)(H,23,24)(H,25,29)(H,26,28). The first-order valence-electron chi connectivity index (χ1n) is 8.39. The number of imidazole rings is 1. The van der Waals surface area contributed by atoms with E-state index in [1.807, 2.05) is 0 Å². The number of rotatable bonds is 6. The van der Waals surface area contributed by atoms with E-state index in [0.29, 0.717) is 11.4 Å². The Morgan fingerprint density at radius 3 is 2.57 bits per heavy atom. The molecule has 0 aliphatic carbocycles. The van der Waals surface area contributed by atoms with Crippen molar-refractivity contribution < 1.29 is 23.5 Å². The minimum atomic E-state index is -0.850. The SMILES string of the molecule is COc1cc(NC(=O)c2[nH]cnc2C(N)=O)ccc1NC(=O)c1ccc(F)cc1Cl. The number of ether oxygens (including phenoxy) is 1. The van der Waals surface area contributed by atoms with Crippen LogP contribution in [0.5, 0.6) is 5.75 Å². The molecule has 3 aromatic rings. The molecule has 9 nitrogen and oxygen atoms in total. The molecule has 0 saturated carbocycles. The van der Waals surface area contributed by atoms with Gasteiger partial charge in [-0.25, -0.2) is 9.37 Å². The summed E-state index contributed by atoms with van der Waals surface area (Å²) >= 11 is 5.91. The number of nitrogens with two attached hydrogens (primary N) is 1. The van der Waals surface area contributed by atoms with E-state index >= 15 is 0 Å². The molecule has 1 aromatic heterocycles. The van der Waals surface area contributed by atoms with Gasteiger partial charge in [-0.3, -0.25) is 14.4 Å². The van der Waals surface area contributed by atoms with Crippen LogP contribution in [-0.2, 0) is 0 Å². The lowest BCUT2D eigenvalue weighted by molar-refractivity contribution is 0.0972. The third-order valence-electron chi connectivity index (χ3n) is 3.98. The average Bonchev–Trinajstić information content (AvgIpc) is 3.19. The molecule has 0 atom stereocenters. The second-order valence-corrected chi connectivity index (χ2v) is 6.35. The fourth-order valence-electron chi connectivity index (χ4n) is 2.58. The third kappa shape index (κ3) is 4.39. The second kappa shape index (κ2) is 8.62. The summed E-state index contributed by atoms with van der Waals surface area (Å²) in [5.41, 5.74) is 5.58. The number of primary amides is 1. The number of amides is 3. The molecule has 3 rings (SSSR count). The number of aromatic amines is 1. The molecule has 154 valence electrons. The van der Waals surface area contributed by atoms with E-state index in [0.717, 1.165) is 12.1 Å². The highest BCUT2D eigenvalue weighted by Gasteiger charge is 2.19. The van der Waals surface area contributed by atoms with E-state index in [2.05, 4.69) is 20.6 Å². The second-order valence-electron chi connectivity index (χ2n) is 5.94. The highest BCUT2D eigenvalue weighted by Crippen LogP contribution is 2.29. The van der Waals surface area contributed by atoms with E-state index < -0.39 is 23.5 Å². The summed E-state index contributed by atoms with van der Waals surface area (Å²) in [5.74, 6) is -2.39. The number of hydrogen-bond acceptors (Lipinski definition) is 5. The van der Waals surface area contributed by atoms with Crippen LogP contribution in [-0.4, -0.2) is 34.8 Å². The monoisotopic (exact) mass is 431 g/mol. The van der Waals surface area contributed by atoms with Crippen LogP contribution in [0, 0.1) is 5.82 Å². The van der Waals surface area contributed by atoms with Gasteiger partial charge in [0, 0.05) is 11.8 Å². The van der Waals surface area contributed by atoms with Crippen molar-refractivity contribution in [2.24, 2.45) is 5.73 Å². The molecule has 2 aromatic carbocycles. The largest absolute Gasteiger partial charge is 0.494 e. The lowest BCUT2D eigenvalue weighted by Crippen LogP contribution is -2.20. The Labute approximate surface area is 174 Å². The molecular weight excluding hydrogens is 417 g/mol. The molecule has 3 amide bonds. The number of nitrogens with one attached hydrogen (secondary N) is 3. The van der Waals surface area contributed by atoms with Gasteiger partial charge >= 0.3 is 0 Å². The van der Waals surface area contributed by atoms with Crippen LogP contribution in [0.15, 0.2) is 42.7 Å². The van der Waals surface area contributed by atoms with E-state index in [9.17, 15) is 18.8 Å². The van der Waals surface area contributed by atoms with Crippen LogP contribution in [0.4, 0.5) is 15.8 Å². The number of anilines is 2. The van der Waals surface area contributed by atoms with Gasteiger partial charge in [0.15, 0.2) is 5.69 Å². The van der Waals surface area contributed by atoms with Crippen LogP contribution in [0.25, 0.3) is 0 Å². The zero-order chi connectivity index (χ0) is 21.8. The summed E-state index contributed by atoms with van der Waals surface area (Å²) < 4.78 is 18.4. The first-order chi connectivity index (χ1) is 14.3. The number of nitrogens with zero attached hydrogens (tertiary/aromatic N) is 1. The Balaban J connectivity index is 1.79. The van der Waals surface area contributed by atoms with Crippen LogP contribution >= 0.6 is 11.6 Å². The summed E-state index contributed by atoms with van der Waals surface area (Å²) in [6.07, 6.45) is 1.18. The quantitative estimate of drug-likeness (QED) is 0.475. The molecule has 11 heteroatoms. The Kier molecular flexibility index (Phi) is 5.98. The van der Waals surface area contributed by atoms with Gasteiger partial charge in [-0.05, 0) is 30.3 Å². The molecule has 30 heavy (non-hydrogen) atoms. The number of carbonyl (C=O) groups is 3. The number of H-pyrrole nitrogens is 1. The van der Waals surface area contributed by atoms with Crippen molar-refractivity contribution in [3.8, 4) is 5.75 Å². The fraction of sp³-hybridized carbons (Fsp3) is 0.0526. The van der Waals surface area contributed by atoms with Crippen LogP contribution in [0.2, 0.25) is 5.02 Å². The summed E-state index contributed by atoms with van der Waals surface area (Å²) in [5, 5.41) is 5.14. The Hall–Kier alpha value is -3.92. The molecule has 5 N–H and O–H groups in total. The Bertz CT molecular complexity index is 1150. The molecule has 0 saturated heterocycles. The van der Waals surface area contributed by atoms with Gasteiger partial charge in [0.1, 0.15) is 17.3 Å². The normalized spacial score (nSPS) is 10.4. The van der Waals surface area contributed by atoms with Crippen molar-refractivity contribution in [1.29, 1.82) is 0 Å². The van der Waals surface area contributed by atoms with Crippen LogP contribution in [0.3, 0.4) is 0 Å². The topological polar surface area (TPSA) is 139 Å². The number of benzene rings is 2. The van der Waals surface area contributed by atoms with Gasteiger partial charge in [-0.1, -0.05) is 11.6 Å². The predicted molar refractivity (Wildman–Crippen MR) is 107 cm³/mol. The molecule has 0 unspecified atom stereocenters. The zero-order valence-electron chi connectivity index (χ0n) is 15.5. The molecular formula is C19H15ClFN5O4. The van der Waals surface area contributed by atoms with Gasteiger partial charge in [-0.15, -0.1) is 0 Å². The fourth-order valence-corrected chi connectivity index (χ4v) is 2.84. The molecule has 1 heterocycles. The highest BCUT2D eigenvalue weighted by molar-refractivity contribution is 6.34. The van der Waals surface area contributed by atoms with Crippen LogP contribution < -0.4 is 21.1 Å². The first-order valence-corrected chi connectivity index (χ1v) is 8.77. The molecule has 0 radical (unpaired) electrons. The van der Waals surface area contributed by atoms with Crippen molar-refractivity contribution in [2.45, 2.75) is 0 Å².